The van der Waals surface area contributed by atoms with Crippen molar-refractivity contribution in [1.29, 1.82) is 0 Å². The Hall–Kier alpha value is -0.560. The molecule has 0 rings (SSSR count). The highest BCUT2D eigenvalue weighted by Gasteiger charge is 1.89. The molecule has 0 aromatic heterocycles. The van der Waals surface area contributed by atoms with E-state index in [1.165, 1.54) is 38.5 Å². The van der Waals surface area contributed by atoms with Gasteiger partial charge in [0.1, 0.15) is 0 Å². The van der Waals surface area contributed by atoms with Crippen LogP contribution in [0.5, 0.6) is 0 Å². The van der Waals surface area contributed by atoms with Crippen LogP contribution >= 0.6 is 0 Å². The minimum atomic E-state index is 0.355. The summed E-state index contributed by atoms with van der Waals surface area (Å²) in [4.78, 5) is 0. The third-order valence-corrected chi connectivity index (χ3v) is 2.45. The largest absolute Gasteiger partial charge is 0.396 e. The van der Waals surface area contributed by atoms with E-state index >= 15 is 0 Å². The molecule has 1 N–H and O–H groups in total. The highest BCUT2D eigenvalue weighted by Crippen LogP contribution is 2.07. The van der Waals surface area contributed by atoms with E-state index in [2.05, 4.69) is 31.2 Å². The molecule has 1 heteroatoms. The summed E-state index contributed by atoms with van der Waals surface area (Å²) in [5.41, 5.74) is 0. The Bertz CT molecular complexity index is 159. The maximum Gasteiger partial charge on any atom is 0.0431 e. The summed E-state index contributed by atoms with van der Waals surface area (Å²) in [6.07, 6.45) is 18.5. The van der Waals surface area contributed by atoms with E-state index in [1.807, 2.05) is 0 Å². The number of unbranched alkanes of at least 4 members (excludes halogenated alkanes) is 6. The van der Waals surface area contributed by atoms with Crippen molar-refractivity contribution >= 4 is 0 Å². The molecule has 1 nitrogen and oxygen atoms in total. The van der Waals surface area contributed by atoms with Crippen LogP contribution in [0.15, 0.2) is 24.3 Å². The summed E-state index contributed by atoms with van der Waals surface area (Å²) in [5.74, 6) is 0. The van der Waals surface area contributed by atoms with Crippen molar-refractivity contribution in [3.05, 3.63) is 24.3 Å². The summed E-state index contributed by atoms with van der Waals surface area (Å²) in [7, 11) is 0. The van der Waals surface area contributed by atoms with Gasteiger partial charge < -0.3 is 5.11 Å². The highest BCUT2D eigenvalue weighted by atomic mass is 16.2. The van der Waals surface area contributed by atoms with Gasteiger partial charge in [0.15, 0.2) is 0 Å². The third-order valence-electron chi connectivity index (χ3n) is 2.45. The topological polar surface area (TPSA) is 20.2 Å². The number of allylic oxidation sites excluding steroid dienone is 4. The molecule has 88 valence electrons. The van der Waals surface area contributed by atoms with Gasteiger partial charge in [-0.3, -0.25) is 0 Å². The zero-order valence-electron chi connectivity index (χ0n) is 10.1. The maximum absolute atomic E-state index is 8.60. The van der Waals surface area contributed by atoms with E-state index < -0.39 is 0 Å². The van der Waals surface area contributed by atoms with Crippen LogP contribution in [0.2, 0.25) is 0 Å². The molecule has 0 aliphatic carbocycles. The number of aliphatic hydroxyl groups excluding tert-OH is 1. The van der Waals surface area contributed by atoms with Crippen LogP contribution in [0.1, 0.15) is 58.3 Å². The number of hydrogen-bond acceptors (Lipinski definition) is 1. The molecular formula is C14H26O. The minimum absolute atomic E-state index is 0.355. The predicted molar refractivity (Wildman–Crippen MR) is 68.0 cm³/mol. The lowest BCUT2D eigenvalue weighted by molar-refractivity contribution is 0.282. The van der Waals surface area contributed by atoms with Crippen molar-refractivity contribution in [1.82, 2.24) is 0 Å². The van der Waals surface area contributed by atoms with Crippen molar-refractivity contribution < 1.29 is 5.11 Å². The van der Waals surface area contributed by atoms with E-state index in [0.717, 1.165) is 12.8 Å². The maximum atomic E-state index is 8.60. The molecule has 0 saturated heterocycles. The molecule has 0 aliphatic heterocycles. The zero-order valence-corrected chi connectivity index (χ0v) is 10.1. The third kappa shape index (κ3) is 13.4. The number of rotatable bonds is 10. The summed E-state index contributed by atoms with van der Waals surface area (Å²) in [6, 6.07) is 0. The molecule has 0 spiro atoms. The van der Waals surface area contributed by atoms with Crippen LogP contribution in [0.25, 0.3) is 0 Å². The Morgan fingerprint density at radius 2 is 1.47 bits per heavy atom. The van der Waals surface area contributed by atoms with Crippen LogP contribution in [-0.4, -0.2) is 11.7 Å². The molecule has 0 bridgehead atoms. The lowest BCUT2D eigenvalue weighted by atomic mass is 10.1. The molecule has 0 aromatic carbocycles. The highest BCUT2D eigenvalue weighted by molar-refractivity contribution is 4.91. The van der Waals surface area contributed by atoms with Crippen molar-refractivity contribution in [2.24, 2.45) is 0 Å². The standard InChI is InChI=1S/C14H26O/c1-2-3-4-5-6-7-8-9-10-11-12-13-14-15/h2-3,5-6,15H,4,7-14H2,1H3/b3-2?,6-5-. The molecule has 0 unspecified atom stereocenters. The molecule has 15 heavy (non-hydrogen) atoms. The first-order chi connectivity index (χ1) is 7.41. The lowest BCUT2D eigenvalue weighted by Crippen LogP contribution is -1.83. The lowest BCUT2D eigenvalue weighted by Gasteiger charge is -1.98. The van der Waals surface area contributed by atoms with Gasteiger partial charge in [0.2, 0.25) is 0 Å². The molecule has 0 radical (unpaired) electrons. The van der Waals surface area contributed by atoms with Crippen molar-refractivity contribution in [3.63, 3.8) is 0 Å². The second kappa shape index (κ2) is 13.4. The zero-order chi connectivity index (χ0) is 11.2. The van der Waals surface area contributed by atoms with Gasteiger partial charge in [-0.1, -0.05) is 50.0 Å². The Morgan fingerprint density at radius 3 is 2.13 bits per heavy atom. The van der Waals surface area contributed by atoms with Crippen LogP contribution in [0.3, 0.4) is 0 Å². The Kier molecular flexibility index (Phi) is 12.9. The normalized spacial score (nSPS) is 11.9. The van der Waals surface area contributed by atoms with E-state index in [4.69, 9.17) is 5.11 Å². The van der Waals surface area contributed by atoms with Crippen LogP contribution in [-0.2, 0) is 0 Å². The first-order valence-corrected chi connectivity index (χ1v) is 6.28. The summed E-state index contributed by atoms with van der Waals surface area (Å²) in [5, 5.41) is 8.60. The second-order valence-electron chi connectivity index (χ2n) is 3.91. The van der Waals surface area contributed by atoms with Gasteiger partial charge in [-0.25, -0.2) is 0 Å². The summed E-state index contributed by atoms with van der Waals surface area (Å²) >= 11 is 0. The molecule has 0 saturated carbocycles. The SMILES string of the molecule is CC=CC/C=C\CCCCCCCCO. The van der Waals surface area contributed by atoms with Crippen molar-refractivity contribution in [3.8, 4) is 0 Å². The van der Waals surface area contributed by atoms with Gasteiger partial charge in [0, 0.05) is 6.61 Å². The molecule has 0 heterocycles. The van der Waals surface area contributed by atoms with Gasteiger partial charge in [-0.05, 0) is 32.6 Å². The average Bonchev–Trinajstić information content (AvgIpc) is 2.26. The van der Waals surface area contributed by atoms with Crippen LogP contribution in [0.4, 0.5) is 0 Å². The molecular weight excluding hydrogens is 184 g/mol. The first-order valence-electron chi connectivity index (χ1n) is 6.28. The second-order valence-corrected chi connectivity index (χ2v) is 3.91. The molecule has 0 aromatic rings. The minimum Gasteiger partial charge on any atom is -0.396 e. The van der Waals surface area contributed by atoms with E-state index in [0.29, 0.717) is 6.61 Å². The summed E-state index contributed by atoms with van der Waals surface area (Å²) < 4.78 is 0. The summed E-state index contributed by atoms with van der Waals surface area (Å²) in [6.45, 7) is 2.41. The Morgan fingerprint density at radius 1 is 0.800 bits per heavy atom. The van der Waals surface area contributed by atoms with Gasteiger partial charge >= 0.3 is 0 Å². The van der Waals surface area contributed by atoms with Gasteiger partial charge in [-0.15, -0.1) is 0 Å². The van der Waals surface area contributed by atoms with Crippen molar-refractivity contribution in [2.45, 2.75) is 58.3 Å². The Balaban J connectivity index is 3.01. The predicted octanol–water partition coefficient (Wildman–Crippen LogP) is 4.23. The van der Waals surface area contributed by atoms with Crippen LogP contribution in [0, 0.1) is 0 Å². The molecule has 0 amide bonds. The fraction of sp³-hybridized carbons (Fsp3) is 0.714. The van der Waals surface area contributed by atoms with E-state index in [1.54, 1.807) is 0 Å². The van der Waals surface area contributed by atoms with Gasteiger partial charge in [-0.2, -0.15) is 0 Å². The van der Waals surface area contributed by atoms with Crippen molar-refractivity contribution in [2.75, 3.05) is 6.61 Å². The number of aliphatic hydroxyl groups is 1. The molecule has 0 fully saturated rings. The first kappa shape index (κ1) is 14.4. The smallest absolute Gasteiger partial charge is 0.0431 e. The quantitative estimate of drug-likeness (QED) is 0.422. The fourth-order valence-corrected chi connectivity index (χ4v) is 1.51. The molecule has 0 aliphatic rings. The van der Waals surface area contributed by atoms with E-state index in [-0.39, 0.29) is 0 Å². The number of hydrogen-bond donors (Lipinski definition) is 1. The Labute approximate surface area is 94.9 Å². The fourth-order valence-electron chi connectivity index (χ4n) is 1.51. The molecule has 0 atom stereocenters. The van der Waals surface area contributed by atoms with E-state index in [9.17, 15) is 0 Å². The average molecular weight is 210 g/mol. The monoisotopic (exact) mass is 210 g/mol. The van der Waals surface area contributed by atoms with Gasteiger partial charge in [0.05, 0.1) is 0 Å². The van der Waals surface area contributed by atoms with Crippen LogP contribution < -0.4 is 0 Å². The van der Waals surface area contributed by atoms with Gasteiger partial charge in [0.25, 0.3) is 0 Å².